The smallest absolute Gasteiger partial charge is 0.312 e. The minimum atomic E-state index is -0.696. The molecule has 0 N–H and O–H groups in total. The molecule has 2 rings (SSSR count). The fourth-order valence-electron chi connectivity index (χ4n) is 1.49. The predicted octanol–water partition coefficient (Wildman–Crippen LogP) is 0.984. The van der Waals surface area contributed by atoms with Crippen LogP contribution in [0.5, 0.6) is 0 Å². The molecule has 17 heavy (non-hydrogen) atoms. The van der Waals surface area contributed by atoms with Crippen molar-refractivity contribution in [3.8, 4) is 5.69 Å². The van der Waals surface area contributed by atoms with Crippen molar-refractivity contribution in [3.63, 3.8) is 0 Å². The molecule has 0 aliphatic heterocycles. The minimum absolute atomic E-state index is 0.343. The highest BCUT2D eigenvalue weighted by molar-refractivity contribution is 5.35. The molecule has 0 aliphatic carbocycles. The van der Waals surface area contributed by atoms with Crippen LogP contribution < -0.4 is 11.1 Å². The molecule has 0 amide bonds. The zero-order valence-electron chi connectivity index (χ0n) is 9.48. The minimum Gasteiger partial charge on any atom is -0.312 e. The van der Waals surface area contributed by atoms with Crippen LogP contribution in [0.25, 0.3) is 5.69 Å². The average Bonchev–Trinajstić information content (AvgIpc) is 2.30. The Kier molecular flexibility index (Phi) is 2.67. The molecule has 88 valence electrons. The van der Waals surface area contributed by atoms with E-state index in [-0.39, 0.29) is 0 Å². The number of hydrogen-bond donors (Lipinski definition) is 0. The fraction of sp³-hybridized carbons (Fsp3) is 0.167. The average molecular weight is 234 g/mol. The van der Waals surface area contributed by atoms with Crippen LogP contribution in [0, 0.1) is 12.7 Å². The summed E-state index contributed by atoms with van der Waals surface area (Å²) in [5, 5.41) is 0. The lowest BCUT2D eigenvalue weighted by Crippen LogP contribution is -2.38. The van der Waals surface area contributed by atoms with Gasteiger partial charge in [0.05, 0.1) is 5.69 Å². The topological polar surface area (TPSA) is 44.0 Å². The lowest BCUT2D eigenvalue weighted by Gasteiger charge is -2.07. The van der Waals surface area contributed by atoms with Crippen molar-refractivity contribution in [1.29, 1.82) is 0 Å². The number of aryl methyl sites for hydroxylation is 2. The first-order valence-electron chi connectivity index (χ1n) is 5.05. The molecule has 0 spiro atoms. The van der Waals surface area contributed by atoms with Crippen molar-refractivity contribution >= 4 is 0 Å². The zero-order valence-corrected chi connectivity index (χ0v) is 9.48. The van der Waals surface area contributed by atoms with E-state index in [1.54, 1.807) is 19.1 Å². The summed E-state index contributed by atoms with van der Waals surface area (Å²) in [5.41, 5.74) is -0.506. The van der Waals surface area contributed by atoms with Crippen molar-refractivity contribution in [2.75, 3.05) is 0 Å². The highest BCUT2D eigenvalue weighted by Gasteiger charge is 2.06. The van der Waals surface area contributed by atoms with Gasteiger partial charge in [-0.25, -0.2) is 4.39 Å². The van der Waals surface area contributed by atoms with Crippen LogP contribution in [-0.2, 0) is 7.05 Å². The fourth-order valence-corrected chi connectivity index (χ4v) is 1.49. The number of benzene rings is 1. The molecule has 0 fully saturated rings. The van der Waals surface area contributed by atoms with Crippen LogP contribution >= 0.6 is 0 Å². The first kappa shape index (κ1) is 11.3. The molecule has 1 aromatic carbocycles. The first-order valence-corrected chi connectivity index (χ1v) is 5.05. The Morgan fingerprint density at radius 3 is 2.47 bits per heavy atom. The number of nitrogens with zero attached hydrogens (tertiary/aromatic N) is 2. The largest absolute Gasteiger partial charge is 0.320 e. The molecule has 0 radical (unpaired) electrons. The van der Waals surface area contributed by atoms with E-state index >= 15 is 0 Å². The lowest BCUT2D eigenvalue weighted by molar-refractivity contribution is 0.616. The molecule has 2 aromatic rings. The highest BCUT2D eigenvalue weighted by atomic mass is 19.1. The molecule has 0 saturated heterocycles. The third kappa shape index (κ3) is 1.91. The van der Waals surface area contributed by atoms with Gasteiger partial charge in [-0.1, -0.05) is 6.07 Å². The highest BCUT2D eigenvalue weighted by Crippen LogP contribution is 2.11. The molecule has 0 atom stereocenters. The van der Waals surface area contributed by atoms with Crippen molar-refractivity contribution in [3.05, 3.63) is 62.7 Å². The molecule has 4 nitrogen and oxygen atoms in total. The van der Waals surface area contributed by atoms with E-state index in [9.17, 15) is 14.0 Å². The van der Waals surface area contributed by atoms with Crippen molar-refractivity contribution < 1.29 is 4.39 Å². The van der Waals surface area contributed by atoms with Gasteiger partial charge < -0.3 is 4.57 Å². The molecule has 0 saturated carbocycles. The Morgan fingerprint density at radius 2 is 1.82 bits per heavy atom. The van der Waals surface area contributed by atoms with E-state index in [1.807, 2.05) is 0 Å². The standard InChI is InChI=1S/C12H11FN2O2/c1-8-3-4-9(7-10(8)13)15-6-5-14(2)11(16)12(15)17/h3-7H,1-2H3. The van der Waals surface area contributed by atoms with Gasteiger partial charge in [-0.15, -0.1) is 0 Å². The van der Waals surface area contributed by atoms with Gasteiger partial charge in [0.1, 0.15) is 5.82 Å². The maximum absolute atomic E-state index is 13.4. The van der Waals surface area contributed by atoms with E-state index in [0.717, 1.165) is 4.57 Å². The Bertz CT molecular complexity index is 686. The number of halogens is 1. The summed E-state index contributed by atoms with van der Waals surface area (Å²) in [7, 11) is 1.49. The number of hydrogen-bond acceptors (Lipinski definition) is 2. The van der Waals surface area contributed by atoms with Crippen molar-refractivity contribution in [2.45, 2.75) is 6.92 Å². The maximum Gasteiger partial charge on any atom is 0.320 e. The lowest BCUT2D eigenvalue weighted by atomic mass is 10.2. The summed E-state index contributed by atoms with van der Waals surface area (Å²) in [5.74, 6) is -0.407. The summed E-state index contributed by atoms with van der Waals surface area (Å²) in [6, 6.07) is 4.39. The second-order valence-corrected chi connectivity index (χ2v) is 3.82. The third-order valence-electron chi connectivity index (χ3n) is 2.60. The summed E-state index contributed by atoms with van der Waals surface area (Å²) in [6.45, 7) is 1.63. The van der Waals surface area contributed by atoms with Crippen LogP contribution in [0.1, 0.15) is 5.56 Å². The number of aromatic nitrogens is 2. The van der Waals surface area contributed by atoms with E-state index in [0.29, 0.717) is 11.3 Å². The first-order chi connectivity index (χ1) is 8.00. The second kappa shape index (κ2) is 4.01. The zero-order chi connectivity index (χ0) is 12.6. The van der Waals surface area contributed by atoms with Crippen LogP contribution in [0.3, 0.4) is 0 Å². The van der Waals surface area contributed by atoms with Gasteiger partial charge >= 0.3 is 11.1 Å². The van der Waals surface area contributed by atoms with Gasteiger partial charge in [-0.2, -0.15) is 0 Å². The number of rotatable bonds is 1. The molecule has 5 heteroatoms. The summed E-state index contributed by atoms with van der Waals surface area (Å²) in [4.78, 5) is 23.1. The van der Waals surface area contributed by atoms with Gasteiger partial charge in [0.25, 0.3) is 0 Å². The van der Waals surface area contributed by atoms with E-state index in [1.165, 1.54) is 30.1 Å². The van der Waals surface area contributed by atoms with Gasteiger partial charge in [0.2, 0.25) is 0 Å². The Labute approximate surface area is 96.6 Å². The Hall–Kier alpha value is -2.17. The van der Waals surface area contributed by atoms with Gasteiger partial charge in [0.15, 0.2) is 0 Å². The molecule has 0 bridgehead atoms. The monoisotopic (exact) mass is 234 g/mol. The van der Waals surface area contributed by atoms with E-state index in [2.05, 4.69) is 0 Å². The predicted molar refractivity (Wildman–Crippen MR) is 62.0 cm³/mol. The molecule has 1 aromatic heterocycles. The molecular formula is C12H11FN2O2. The Morgan fingerprint density at radius 1 is 1.12 bits per heavy atom. The van der Waals surface area contributed by atoms with E-state index in [4.69, 9.17) is 0 Å². The van der Waals surface area contributed by atoms with Crippen LogP contribution in [0.2, 0.25) is 0 Å². The maximum atomic E-state index is 13.4. The van der Waals surface area contributed by atoms with Crippen LogP contribution in [-0.4, -0.2) is 9.13 Å². The normalized spacial score (nSPS) is 10.5. The molecule has 1 heterocycles. The van der Waals surface area contributed by atoms with E-state index < -0.39 is 16.9 Å². The summed E-state index contributed by atoms with van der Waals surface area (Å²) < 4.78 is 15.7. The molecular weight excluding hydrogens is 223 g/mol. The summed E-state index contributed by atoms with van der Waals surface area (Å²) in [6.07, 6.45) is 2.90. The van der Waals surface area contributed by atoms with Gasteiger partial charge in [0, 0.05) is 19.4 Å². The SMILES string of the molecule is Cc1ccc(-n2ccn(C)c(=O)c2=O)cc1F. The van der Waals surface area contributed by atoms with Crippen LogP contribution in [0.4, 0.5) is 4.39 Å². The second-order valence-electron chi connectivity index (χ2n) is 3.82. The molecule has 0 unspecified atom stereocenters. The quantitative estimate of drug-likeness (QED) is 0.690. The Balaban J connectivity index is 2.70. The molecule has 0 aliphatic rings. The third-order valence-corrected chi connectivity index (χ3v) is 2.60. The van der Waals surface area contributed by atoms with Crippen molar-refractivity contribution in [1.82, 2.24) is 9.13 Å². The van der Waals surface area contributed by atoms with Crippen LogP contribution in [0.15, 0.2) is 40.2 Å². The van der Waals surface area contributed by atoms with Gasteiger partial charge in [-0.05, 0) is 24.6 Å². The van der Waals surface area contributed by atoms with Crippen molar-refractivity contribution in [2.24, 2.45) is 7.05 Å². The van der Waals surface area contributed by atoms with Gasteiger partial charge in [-0.3, -0.25) is 14.2 Å². The summed E-state index contributed by atoms with van der Waals surface area (Å²) >= 11 is 0.